The minimum absolute atomic E-state index is 0.122. The fourth-order valence-corrected chi connectivity index (χ4v) is 4.22. The van der Waals surface area contributed by atoms with Crippen LogP contribution < -0.4 is 5.32 Å². The third kappa shape index (κ3) is 3.60. The summed E-state index contributed by atoms with van der Waals surface area (Å²) in [6.07, 6.45) is 8.84. The summed E-state index contributed by atoms with van der Waals surface area (Å²) in [7, 11) is 0. The fraction of sp³-hybridized carbons (Fsp3) is 0.450. The lowest BCUT2D eigenvalue weighted by atomic mass is 9.60. The molecular weight excluding hydrogens is 331 g/mol. The second-order valence-electron chi connectivity index (χ2n) is 7.54. The Kier molecular flexibility index (Phi) is 4.68. The highest BCUT2D eigenvalue weighted by atomic mass is 19.1. The highest BCUT2D eigenvalue weighted by molar-refractivity contribution is 5.92. The summed E-state index contributed by atoms with van der Waals surface area (Å²) in [6.45, 7) is 2.65. The van der Waals surface area contributed by atoms with Crippen LogP contribution in [0.5, 0.6) is 0 Å². The summed E-state index contributed by atoms with van der Waals surface area (Å²) >= 11 is 0. The molecule has 26 heavy (non-hydrogen) atoms. The van der Waals surface area contributed by atoms with Crippen molar-refractivity contribution in [2.24, 2.45) is 5.41 Å². The topological polar surface area (TPSA) is 58.1 Å². The van der Waals surface area contributed by atoms with Crippen LogP contribution in [0.15, 0.2) is 42.9 Å². The smallest absolute Gasteiger partial charge is 0.271 e. The Balaban J connectivity index is 1.25. The van der Waals surface area contributed by atoms with Crippen molar-refractivity contribution < 1.29 is 9.18 Å². The zero-order valence-corrected chi connectivity index (χ0v) is 14.7. The maximum absolute atomic E-state index is 13.8. The molecular formula is C20H23FN4O. The summed E-state index contributed by atoms with van der Waals surface area (Å²) in [4.78, 5) is 22.5. The molecule has 0 bridgehead atoms. The Hall–Kier alpha value is -2.34. The van der Waals surface area contributed by atoms with Crippen LogP contribution in [0.4, 0.5) is 4.39 Å². The second kappa shape index (κ2) is 7.11. The first-order valence-electron chi connectivity index (χ1n) is 9.16. The van der Waals surface area contributed by atoms with Crippen molar-refractivity contribution in [3.05, 3.63) is 59.9 Å². The first-order chi connectivity index (χ1) is 12.6. The van der Waals surface area contributed by atoms with Crippen LogP contribution >= 0.6 is 0 Å². The Bertz CT molecular complexity index is 766. The lowest BCUT2D eigenvalue weighted by molar-refractivity contribution is 0.00437. The highest BCUT2D eigenvalue weighted by Crippen LogP contribution is 2.49. The van der Waals surface area contributed by atoms with E-state index in [-0.39, 0.29) is 17.8 Å². The number of carbonyl (C=O) groups is 1. The fourth-order valence-electron chi connectivity index (χ4n) is 4.22. The maximum Gasteiger partial charge on any atom is 0.271 e. The molecule has 0 radical (unpaired) electrons. The predicted octanol–water partition coefficient (Wildman–Crippen LogP) is 2.79. The van der Waals surface area contributed by atoms with Crippen LogP contribution in [-0.2, 0) is 6.54 Å². The third-order valence-corrected chi connectivity index (χ3v) is 5.76. The van der Waals surface area contributed by atoms with Gasteiger partial charge in [-0.05, 0) is 50.3 Å². The lowest BCUT2D eigenvalue weighted by Crippen LogP contribution is -2.54. The van der Waals surface area contributed by atoms with Crippen LogP contribution in [0, 0.1) is 11.2 Å². The van der Waals surface area contributed by atoms with Gasteiger partial charge in [-0.15, -0.1) is 0 Å². The van der Waals surface area contributed by atoms with Gasteiger partial charge in [-0.25, -0.2) is 9.37 Å². The molecule has 1 aliphatic heterocycles. The zero-order chi connectivity index (χ0) is 18.0. The van der Waals surface area contributed by atoms with E-state index in [0.717, 1.165) is 44.3 Å². The number of amides is 1. The monoisotopic (exact) mass is 354 g/mol. The van der Waals surface area contributed by atoms with E-state index in [0.29, 0.717) is 17.7 Å². The van der Waals surface area contributed by atoms with Crippen molar-refractivity contribution in [2.75, 3.05) is 13.1 Å². The Labute approximate surface area is 152 Å². The van der Waals surface area contributed by atoms with Crippen molar-refractivity contribution in [3.8, 4) is 0 Å². The van der Waals surface area contributed by atoms with Gasteiger partial charge in [0.25, 0.3) is 5.91 Å². The van der Waals surface area contributed by atoms with Crippen LogP contribution in [0.3, 0.4) is 0 Å². The molecule has 2 heterocycles. The number of likely N-dealkylation sites (tertiary alicyclic amines) is 1. The molecule has 2 aliphatic rings. The molecule has 4 rings (SSSR count). The molecule has 136 valence electrons. The first kappa shape index (κ1) is 17.1. The van der Waals surface area contributed by atoms with Gasteiger partial charge in [0.05, 0.1) is 6.20 Å². The number of hydrogen-bond acceptors (Lipinski definition) is 4. The van der Waals surface area contributed by atoms with E-state index in [1.807, 2.05) is 12.1 Å². The molecule has 1 amide bonds. The van der Waals surface area contributed by atoms with Gasteiger partial charge in [0, 0.05) is 30.5 Å². The normalized spacial score (nSPS) is 19.9. The molecule has 1 saturated heterocycles. The molecule has 5 nitrogen and oxygen atoms in total. The van der Waals surface area contributed by atoms with Gasteiger partial charge in [0.1, 0.15) is 11.5 Å². The van der Waals surface area contributed by atoms with Crippen LogP contribution in [0.2, 0.25) is 0 Å². The lowest BCUT2D eigenvalue weighted by Gasteiger charge is -2.52. The molecule has 1 N–H and O–H groups in total. The standard InChI is InChI=1S/C20H23FN4O/c21-17-4-2-1-3-15(17)14-25-9-5-20(6-10-25)11-16(12-20)24-19(26)18-13-22-7-8-23-18/h1-4,7-8,13,16H,5-6,9-12,14H2,(H,24,26). The number of hydrogen-bond donors (Lipinski definition) is 1. The Morgan fingerprint density at radius 3 is 2.69 bits per heavy atom. The molecule has 0 unspecified atom stereocenters. The van der Waals surface area contributed by atoms with Gasteiger partial charge in [-0.2, -0.15) is 0 Å². The van der Waals surface area contributed by atoms with Gasteiger partial charge in [-0.3, -0.25) is 14.7 Å². The van der Waals surface area contributed by atoms with Gasteiger partial charge in [-0.1, -0.05) is 18.2 Å². The zero-order valence-electron chi connectivity index (χ0n) is 14.7. The number of benzene rings is 1. The van der Waals surface area contributed by atoms with E-state index in [4.69, 9.17) is 0 Å². The molecule has 2 aromatic rings. The first-order valence-corrected chi connectivity index (χ1v) is 9.16. The summed E-state index contributed by atoms with van der Waals surface area (Å²) in [5.41, 5.74) is 1.48. The summed E-state index contributed by atoms with van der Waals surface area (Å²) in [5.74, 6) is -0.266. The van der Waals surface area contributed by atoms with E-state index in [2.05, 4.69) is 20.2 Å². The van der Waals surface area contributed by atoms with Crippen LogP contribution in [0.25, 0.3) is 0 Å². The molecule has 1 aromatic carbocycles. The van der Waals surface area contributed by atoms with Gasteiger partial charge in [0.15, 0.2) is 0 Å². The van der Waals surface area contributed by atoms with E-state index < -0.39 is 0 Å². The highest BCUT2D eigenvalue weighted by Gasteiger charge is 2.46. The van der Waals surface area contributed by atoms with Crippen molar-refractivity contribution in [1.82, 2.24) is 20.2 Å². The number of nitrogens with zero attached hydrogens (tertiary/aromatic N) is 3. The van der Waals surface area contributed by atoms with Crippen LogP contribution in [0.1, 0.15) is 41.7 Å². The average molecular weight is 354 g/mol. The minimum Gasteiger partial charge on any atom is -0.348 e. The molecule has 0 atom stereocenters. The van der Waals surface area contributed by atoms with Gasteiger partial charge in [0.2, 0.25) is 0 Å². The van der Waals surface area contributed by atoms with E-state index in [1.54, 1.807) is 12.3 Å². The summed E-state index contributed by atoms with van der Waals surface area (Å²) < 4.78 is 13.8. The number of halogens is 1. The van der Waals surface area contributed by atoms with Crippen molar-refractivity contribution >= 4 is 5.91 Å². The van der Waals surface area contributed by atoms with Crippen LogP contribution in [-0.4, -0.2) is 39.9 Å². The largest absolute Gasteiger partial charge is 0.348 e. The molecule has 1 aromatic heterocycles. The minimum atomic E-state index is -0.144. The molecule has 1 spiro atoms. The molecule has 6 heteroatoms. The number of rotatable bonds is 4. The van der Waals surface area contributed by atoms with E-state index in [9.17, 15) is 9.18 Å². The molecule has 1 aliphatic carbocycles. The van der Waals surface area contributed by atoms with Crippen molar-refractivity contribution in [2.45, 2.75) is 38.3 Å². The van der Waals surface area contributed by atoms with Crippen molar-refractivity contribution in [1.29, 1.82) is 0 Å². The van der Waals surface area contributed by atoms with Crippen molar-refractivity contribution in [3.63, 3.8) is 0 Å². The third-order valence-electron chi connectivity index (χ3n) is 5.76. The predicted molar refractivity (Wildman–Crippen MR) is 95.9 cm³/mol. The quantitative estimate of drug-likeness (QED) is 0.917. The number of carbonyl (C=O) groups excluding carboxylic acids is 1. The maximum atomic E-state index is 13.8. The Morgan fingerprint density at radius 1 is 1.23 bits per heavy atom. The average Bonchev–Trinajstić information content (AvgIpc) is 2.64. The second-order valence-corrected chi connectivity index (χ2v) is 7.54. The SMILES string of the molecule is O=C(NC1CC2(CCN(Cc3ccccc3F)CC2)C1)c1cnccn1. The molecule has 1 saturated carbocycles. The Morgan fingerprint density at radius 2 is 2.00 bits per heavy atom. The number of piperidine rings is 1. The summed E-state index contributed by atoms with van der Waals surface area (Å²) in [5, 5.41) is 3.06. The van der Waals surface area contributed by atoms with E-state index >= 15 is 0 Å². The van der Waals surface area contributed by atoms with E-state index in [1.165, 1.54) is 18.5 Å². The number of aromatic nitrogens is 2. The molecule has 2 fully saturated rings. The summed E-state index contributed by atoms with van der Waals surface area (Å²) in [6, 6.07) is 7.23. The number of nitrogens with one attached hydrogen (secondary N) is 1. The van der Waals surface area contributed by atoms with Gasteiger partial charge >= 0.3 is 0 Å². The van der Waals surface area contributed by atoms with Gasteiger partial charge < -0.3 is 5.32 Å².